The molecule has 2 fully saturated rings. The molecule has 3 nitrogen and oxygen atoms in total. The topological polar surface area (TPSA) is 30.5 Å². The normalized spacial score (nSPS) is 32.7. The van der Waals surface area contributed by atoms with Crippen molar-refractivity contribution in [1.82, 2.24) is 5.32 Å². The van der Waals surface area contributed by atoms with E-state index < -0.39 is 0 Å². The SMILES string of the molecule is COC(C)(C)CC1(C)CNCC2(CCCCC2)O1. The van der Waals surface area contributed by atoms with Crippen LogP contribution in [0.4, 0.5) is 0 Å². The summed E-state index contributed by atoms with van der Waals surface area (Å²) in [6, 6.07) is 0. The van der Waals surface area contributed by atoms with E-state index in [4.69, 9.17) is 9.47 Å². The molecule has 106 valence electrons. The highest BCUT2D eigenvalue weighted by molar-refractivity contribution is 4.98. The Hall–Kier alpha value is -0.120. The molecular formula is C15H29NO2. The van der Waals surface area contributed by atoms with E-state index in [1.165, 1.54) is 32.1 Å². The summed E-state index contributed by atoms with van der Waals surface area (Å²) in [5, 5.41) is 3.60. The van der Waals surface area contributed by atoms with Crippen molar-refractivity contribution in [2.24, 2.45) is 0 Å². The zero-order valence-corrected chi connectivity index (χ0v) is 12.5. The van der Waals surface area contributed by atoms with E-state index in [-0.39, 0.29) is 16.8 Å². The van der Waals surface area contributed by atoms with E-state index in [0.717, 1.165) is 19.5 Å². The minimum atomic E-state index is -0.121. The van der Waals surface area contributed by atoms with Crippen LogP contribution in [-0.4, -0.2) is 37.0 Å². The van der Waals surface area contributed by atoms with Crippen molar-refractivity contribution in [2.45, 2.75) is 76.1 Å². The van der Waals surface area contributed by atoms with Gasteiger partial charge in [0.1, 0.15) is 0 Å². The standard InChI is InChI=1S/C15H29NO2/c1-13(2,17-4)10-14(3)11-16-12-15(18-14)8-6-5-7-9-15/h16H,5-12H2,1-4H3. The maximum atomic E-state index is 6.60. The van der Waals surface area contributed by atoms with Crippen molar-refractivity contribution >= 4 is 0 Å². The first-order valence-electron chi connectivity index (χ1n) is 7.35. The third kappa shape index (κ3) is 3.25. The molecule has 18 heavy (non-hydrogen) atoms. The predicted molar refractivity (Wildman–Crippen MR) is 73.9 cm³/mol. The Balaban J connectivity index is 2.04. The molecule has 1 heterocycles. The number of methoxy groups -OCH3 is 1. The molecule has 1 atom stereocenters. The highest BCUT2D eigenvalue weighted by Crippen LogP contribution is 2.39. The van der Waals surface area contributed by atoms with Gasteiger partial charge >= 0.3 is 0 Å². The van der Waals surface area contributed by atoms with Gasteiger partial charge < -0.3 is 14.8 Å². The molecule has 0 radical (unpaired) electrons. The Morgan fingerprint density at radius 3 is 2.44 bits per heavy atom. The van der Waals surface area contributed by atoms with Crippen molar-refractivity contribution in [3.05, 3.63) is 0 Å². The third-order valence-electron chi connectivity index (χ3n) is 4.53. The van der Waals surface area contributed by atoms with Crippen LogP contribution in [0.3, 0.4) is 0 Å². The van der Waals surface area contributed by atoms with Gasteiger partial charge in [0.25, 0.3) is 0 Å². The largest absolute Gasteiger partial charge is 0.379 e. The first-order valence-corrected chi connectivity index (χ1v) is 7.35. The lowest BCUT2D eigenvalue weighted by atomic mass is 9.80. The van der Waals surface area contributed by atoms with Gasteiger partial charge in [0.2, 0.25) is 0 Å². The van der Waals surface area contributed by atoms with Crippen LogP contribution in [0, 0.1) is 0 Å². The van der Waals surface area contributed by atoms with Gasteiger partial charge in [-0.25, -0.2) is 0 Å². The van der Waals surface area contributed by atoms with Crippen molar-refractivity contribution < 1.29 is 9.47 Å². The highest BCUT2D eigenvalue weighted by Gasteiger charge is 2.45. The van der Waals surface area contributed by atoms with E-state index >= 15 is 0 Å². The molecule has 2 rings (SSSR count). The summed E-state index contributed by atoms with van der Waals surface area (Å²) >= 11 is 0. The zero-order chi connectivity index (χ0) is 13.3. The smallest absolute Gasteiger partial charge is 0.0814 e. The first kappa shape index (κ1) is 14.3. The molecule has 3 heteroatoms. The summed E-state index contributed by atoms with van der Waals surface area (Å²) in [6.45, 7) is 8.47. The van der Waals surface area contributed by atoms with Crippen LogP contribution in [0.1, 0.15) is 59.3 Å². The molecule has 1 saturated heterocycles. The Bertz CT molecular complexity index is 279. The van der Waals surface area contributed by atoms with E-state index in [9.17, 15) is 0 Å². The number of nitrogens with one attached hydrogen (secondary N) is 1. The molecule has 0 aromatic rings. The molecule has 1 N–H and O–H groups in total. The fourth-order valence-electron chi connectivity index (χ4n) is 3.70. The van der Waals surface area contributed by atoms with Crippen molar-refractivity contribution in [3.8, 4) is 0 Å². The summed E-state index contributed by atoms with van der Waals surface area (Å²) in [5.41, 5.74) is -0.131. The molecule has 0 bridgehead atoms. The van der Waals surface area contributed by atoms with Crippen LogP contribution in [0.2, 0.25) is 0 Å². The number of morpholine rings is 1. The fraction of sp³-hybridized carbons (Fsp3) is 1.00. The van der Waals surface area contributed by atoms with Crippen LogP contribution in [0.15, 0.2) is 0 Å². The Kier molecular flexibility index (Phi) is 4.05. The Morgan fingerprint density at radius 2 is 1.83 bits per heavy atom. The minimum Gasteiger partial charge on any atom is -0.379 e. The molecule has 0 aromatic carbocycles. The molecule has 1 unspecified atom stereocenters. The third-order valence-corrected chi connectivity index (χ3v) is 4.53. The molecule has 1 aliphatic heterocycles. The van der Waals surface area contributed by atoms with Crippen molar-refractivity contribution in [2.75, 3.05) is 20.2 Å². The molecule has 1 spiro atoms. The lowest BCUT2D eigenvalue weighted by Gasteiger charge is -2.50. The average molecular weight is 255 g/mol. The monoisotopic (exact) mass is 255 g/mol. The second-order valence-corrected chi connectivity index (χ2v) is 7.04. The van der Waals surface area contributed by atoms with E-state index in [2.05, 4.69) is 26.1 Å². The summed E-state index contributed by atoms with van der Waals surface area (Å²) in [6.07, 6.45) is 7.35. The van der Waals surface area contributed by atoms with Gasteiger partial charge in [0.15, 0.2) is 0 Å². The van der Waals surface area contributed by atoms with Gasteiger partial charge in [-0.05, 0) is 33.6 Å². The minimum absolute atomic E-state index is 0.0923. The molecule has 1 saturated carbocycles. The lowest BCUT2D eigenvalue weighted by Crippen LogP contribution is -2.61. The van der Waals surface area contributed by atoms with Gasteiger partial charge in [-0.1, -0.05) is 19.3 Å². The quantitative estimate of drug-likeness (QED) is 0.841. The van der Waals surface area contributed by atoms with E-state index in [1.54, 1.807) is 7.11 Å². The molecule has 2 aliphatic rings. The molecule has 0 amide bonds. The van der Waals surface area contributed by atoms with Crippen LogP contribution in [-0.2, 0) is 9.47 Å². The summed E-state index contributed by atoms with van der Waals surface area (Å²) in [5.74, 6) is 0. The average Bonchev–Trinajstić information content (AvgIpc) is 2.28. The van der Waals surface area contributed by atoms with Gasteiger partial charge in [-0.2, -0.15) is 0 Å². The van der Waals surface area contributed by atoms with Gasteiger partial charge in [0, 0.05) is 26.6 Å². The second kappa shape index (κ2) is 5.10. The van der Waals surface area contributed by atoms with Crippen molar-refractivity contribution in [3.63, 3.8) is 0 Å². The number of hydrogen-bond acceptors (Lipinski definition) is 3. The van der Waals surface area contributed by atoms with E-state index in [1.807, 2.05) is 0 Å². The lowest BCUT2D eigenvalue weighted by molar-refractivity contribution is -0.203. The maximum Gasteiger partial charge on any atom is 0.0814 e. The summed E-state index contributed by atoms with van der Waals surface area (Å²) in [4.78, 5) is 0. The van der Waals surface area contributed by atoms with Gasteiger partial charge in [-0.15, -0.1) is 0 Å². The predicted octanol–water partition coefficient (Wildman–Crippen LogP) is 2.88. The number of ether oxygens (including phenoxy) is 2. The fourth-order valence-corrected chi connectivity index (χ4v) is 3.70. The van der Waals surface area contributed by atoms with Crippen molar-refractivity contribution in [1.29, 1.82) is 0 Å². The number of rotatable bonds is 3. The summed E-state index contributed by atoms with van der Waals surface area (Å²) < 4.78 is 12.2. The van der Waals surface area contributed by atoms with Crippen LogP contribution in [0.25, 0.3) is 0 Å². The van der Waals surface area contributed by atoms with Gasteiger partial charge in [0.05, 0.1) is 16.8 Å². The highest BCUT2D eigenvalue weighted by atomic mass is 16.5. The molecule has 0 aromatic heterocycles. The molecular weight excluding hydrogens is 226 g/mol. The zero-order valence-electron chi connectivity index (χ0n) is 12.5. The maximum absolute atomic E-state index is 6.60. The second-order valence-electron chi connectivity index (χ2n) is 7.04. The van der Waals surface area contributed by atoms with Crippen LogP contribution in [0.5, 0.6) is 0 Å². The van der Waals surface area contributed by atoms with E-state index in [0.29, 0.717) is 0 Å². The van der Waals surface area contributed by atoms with Gasteiger partial charge in [-0.3, -0.25) is 0 Å². The Morgan fingerprint density at radius 1 is 1.17 bits per heavy atom. The Labute approximate surface area is 112 Å². The summed E-state index contributed by atoms with van der Waals surface area (Å²) in [7, 11) is 1.79. The molecule has 1 aliphatic carbocycles. The van der Waals surface area contributed by atoms with Crippen LogP contribution < -0.4 is 5.32 Å². The number of hydrogen-bond donors (Lipinski definition) is 1. The first-order chi connectivity index (χ1) is 8.39. The van der Waals surface area contributed by atoms with Crippen LogP contribution >= 0.6 is 0 Å².